The molecule has 4 heteroatoms. The highest BCUT2D eigenvalue weighted by Crippen LogP contribution is 2.17. The third-order valence-corrected chi connectivity index (χ3v) is 3.03. The topological polar surface area (TPSA) is 47.1 Å². The van der Waals surface area contributed by atoms with E-state index in [2.05, 4.69) is 23.8 Å². The molecule has 0 atom stereocenters. The molecule has 1 aromatic rings. The molecule has 0 aromatic carbocycles. The molecule has 1 aliphatic heterocycles. The van der Waals surface area contributed by atoms with Crippen LogP contribution in [-0.4, -0.2) is 33.8 Å². The van der Waals surface area contributed by atoms with Crippen LogP contribution >= 0.6 is 0 Å². The van der Waals surface area contributed by atoms with Gasteiger partial charge in [0, 0.05) is 44.0 Å². The number of aryl methyl sites for hydroxylation is 2. The summed E-state index contributed by atoms with van der Waals surface area (Å²) in [6, 6.07) is 0.382. The van der Waals surface area contributed by atoms with Crippen LogP contribution in [0.15, 0.2) is 0 Å². The first-order valence-electron chi connectivity index (χ1n) is 5.05. The second-order valence-corrected chi connectivity index (χ2v) is 4.23. The maximum absolute atomic E-state index is 5.74. The van der Waals surface area contributed by atoms with Crippen LogP contribution in [0, 0.1) is 13.8 Å². The molecule has 78 valence electrons. The summed E-state index contributed by atoms with van der Waals surface area (Å²) in [5.74, 6) is 0. The van der Waals surface area contributed by atoms with Crippen LogP contribution in [0.3, 0.4) is 0 Å². The molecule has 1 aromatic heterocycles. The Balaban J connectivity index is 2.09. The van der Waals surface area contributed by atoms with Crippen molar-refractivity contribution in [3.63, 3.8) is 0 Å². The van der Waals surface area contributed by atoms with Crippen LogP contribution in [0.4, 0.5) is 0 Å². The zero-order chi connectivity index (χ0) is 10.3. The molecule has 4 nitrogen and oxygen atoms in total. The van der Waals surface area contributed by atoms with Crippen LogP contribution < -0.4 is 5.73 Å². The molecule has 2 heterocycles. The fourth-order valence-electron chi connectivity index (χ4n) is 2.01. The van der Waals surface area contributed by atoms with Gasteiger partial charge in [0.1, 0.15) is 0 Å². The summed E-state index contributed by atoms with van der Waals surface area (Å²) in [4.78, 5) is 2.36. The fraction of sp³-hybridized carbons (Fsp3) is 0.700. The van der Waals surface area contributed by atoms with Gasteiger partial charge in [-0.15, -0.1) is 0 Å². The highest BCUT2D eigenvalue weighted by molar-refractivity contribution is 5.24. The van der Waals surface area contributed by atoms with Crippen molar-refractivity contribution in [2.24, 2.45) is 12.8 Å². The van der Waals surface area contributed by atoms with Gasteiger partial charge in [0.05, 0.1) is 5.69 Å². The normalized spacial score (nSPS) is 18.6. The summed E-state index contributed by atoms with van der Waals surface area (Å²) in [5.41, 5.74) is 9.51. The van der Waals surface area contributed by atoms with E-state index in [1.165, 1.54) is 11.3 Å². The number of likely N-dealkylation sites (tertiary alicyclic amines) is 1. The van der Waals surface area contributed by atoms with Gasteiger partial charge in [0.25, 0.3) is 0 Å². The van der Waals surface area contributed by atoms with Gasteiger partial charge < -0.3 is 5.73 Å². The predicted octanol–water partition coefficient (Wildman–Crippen LogP) is 0.180. The van der Waals surface area contributed by atoms with Crippen molar-refractivity contribution in [2.45, 2.75) is 26.4 Å². The van der Waals surface area contributed by atoms with E-state index in [0.29, 0.717) is 6.04 Å². The molecule has 0 unspecified atom stereocenters. The molecule has 0 aliphatic carbocycles. The quantitative estimate of drug-likeness (QED) is 0.730. The second kappa shape index (κ2) is 3.37. The van der Waals surface area contributed by atoms with Gasteiger partial charge in [-0.2, -0.15) is 5.10 Å². The minimum absolute atomic E-state index is 0.382. The molecule has 0 bridgehead atoms. The Labute approximate surface area is 84.7 Å². The molecule has 0 radical (unpaired) electrons. The maximum atomic E-state index is 5.74. The molecule has 1 fully saturated rings. The number of aromatic nitrogens is 2. The third kappa shape index (κ3) is 1.55. The molecule has 1 saturated heterocycles. The van der Waals surface area contributed by atoms with E-state index in [-0.39, 0.29) is 0 Å². The molecular formula is C10H18N4. The number of hydrogen-bond donors (Lipinski definition) is 1. The zero-order valence-electron chi connectivity index (χ0n) is 9.12. The average Bonchev–Trinajstić information content (AvgIpc) is 2.29. The van der Waals surface area contributed by atoms with E-state index < -0.39 is 0 Å². The van der Waals surface area contributed by atoms with E-state index in [1.54, 1.807) is 0 Å². The van der Waals surface area contributed by atoms with Crippen molar-refractivity contribution in [3.8, 4) is 0 Å². The zero-order valence-corrected chi connectivity index (χ0v) is 9.12. The molecule has 0 spiro atoms. The van der Waals surface area contributed by atoms with Crippen molar-refractivity contribution in [1.29, 1.82) is 0 Å². The first-order valence-corrected chi connectivity index (χ1v) is 5.05. The highest BCUT2D eigenvalue weighted by Gasteiger charge is 2.24. The molecule has 14 heavy (non-hydrogen) atoms. The summed E-state index contributed by atoms with van der Waals surface area (Å²) >= 11 is 0. The minimum Gasteiger partial charge on any atom is -0.325 e. The Morgan fingerprint density at radius 1 is 1.43 bits per heavy atom. The summed E-state index contributed by atoms with van der Waals surface area (Å²) in [6.07, 6.45) is 0. The lowest BCUT2D eigenvalue weighted by molar-refractivity contribution is 0.142. The van der Waals surface area contributed by atoms with Crippen LogP contribution in [0.1, 0.15) is 17.0 Å². The monoisotopic (exact) mass is 194 g/mol. The number of hydrogen-bond acceptors (Lipinski definition) is 3. The lowest BCUT2D eigenvalue weighted by Gasteiger charge is -2.36. The highest BCUT2D eigenvalue weighted by atomic mass is 15.3. The fourth-order valence-corrected chi connectivity index (χ4v) is 2.01. The van der Waals surface area contributed by atoms with Crippen molar-refractivity contribution >= 4 is 0 Å². The molecule has 1 aliphatic rings. The summed E-state index contributed by atoms with van der Waals surface area (Å²) in [7, 11) is 1.99. The largest absolute Gasteiger partial charge is 0.325 e. The lowest BCUT2D eigenvalue weighted by atomic mass is 10.1. The van der Waals surface area contributed by atoms with Gasteiger partial charge >= 0.3 is 0 Å². The summed E-state index contributed by atoms with van der Waals surface area (Å²) in [5, 5.41) is 4.40. The van der Waals surface area contributed by atoms with Gasteiger partial charge in [-0.1, -0.05) is 0 Å². The van der Waals surface area contributed by atoms with Crippen molar-refractivity contribution in [2.75, 3.05) is 13.1 Å². The van der Waals surface area contributed by atoms with Crippen molar-refractivity contribution < 1.29 is 0 Å². The number of nitrogens with zero attached hydrogens (tertiary/aromatic N) is 3. The number of rotatable bonds is 2. The Morgan fingerprint density at radius 3 is 2.50 bits per heavy atom. The van der Waals surface area contributed by atoms with E-state index in [4.69, 9.17) is 5.73 Å². The van der Waals surface area contributed by atoms with Crippen molar-refractivity contribution in [1.82, 2.24) is 14.7 Å². The lowest BCUT2D eigenvalue weighted by Crippen LogP contribution is -2.55. The van der Waals surface area contributed by atoms with Gasteiger partial charge in [0.2, 0.25) is 0 Å². The van der Waals surface area contributed by atoms with Gasteiger partial charge in [0.15, 0.2) is 0 Å². The van der Waals surface area contributed by atoms with Crippen LogP contribution in [0.2, 0.25) is 0 Å². The van der Waals surface area contributed by atoms with E-state index >= 15 is 0 Å². The standard InChI is InChI=1S/C10H18N4/c1-7-10(8(2)13(3)12-7)6-14-4-9(11)5-14/h9H,4-6,11H2,1-3H3. The van der Waals surface area contributed by atoms with Crippen LogP contribution in [0.25, 0.3) is 0 Å². The summed E-state index contributed by atoms with van der Waals surface area (Å²) < 4.78 is 1.95. The van der Waals surface area contributed by atoms with E-state index in [0.717, 1.165) is 25.3 Å². The molecule has 0 saturated carbocycles. The van der Waals surface area contributed by atoms with E-state index in [9.17, 15) is 0 Å². The smallest absolute Gasteiger partial charge is 0.0641 e. The second-order valence-electron chi connectivity index (χ2n) is 4.23. The Hall–Kier alpha value is -0.870. The Bertz CT molecular complexity index is 336. The Kier molecular flexibility index (Phi) is 2.33. The first kappa shape index (κ1) is 9.68. The molecule has 2 rings (SSSR count). The summed E-state index contributed by atoms with van der Waals surface area (Å²) in [6.45, 7) is 7.23. The van der Waals surface area contributed by atoms with Crippen LogP contribution in [0.5, 0.6) is 0 Å². The maximum Gasteiger partial charge on any atom is 0.0641 e. The van der Waals surface area contributed by atoms with Crippen molar-refractivity contribution in [3.05, 3.63) is 17.0 Å². The average molecular weight is 194 g/mol. The van der Waals surface area contributed by atoms with Gasteiger partial charge in [-0.25, -0.2) is 0 Å². The minimum atomic E-state index is 0.382. The van der Waals surface area contributed by atoms with Gasteiger partial charge in [-0.3, -0.25) is 9.58 Å². The Morgan fingerprint density at radius 2 is 2.07 bits per heavy atom. The number of nitrogens with two attached hydrogens (primary N) is 1. The SMILES string of the molecule is Cc1nn(C)c(C)c1CN1CC(N)C1. The van der Waals surface area contributed by atoms with E-state index in [1.807, 2.05) is 11.7 Å². The molecular weight excluding hydrogens is 176 g/mol. The third-order valence-electron chi connectivity index (χ3n) is 3.03. The first-order chi connectivity index (χ1) is 6.58. The molecule has 2 N–H and O–H groups in total. The van der Waals surface area contributed by atoms with Crippen LogP contribution in [-0.2, 0) is 13.6 Å². The predicted molar refractivity (Wildman–Crippen MR) is 55.9 cm³/mol. The van der Waals surface area contributed by atoms with Gasteiger partial charge in [-0.05, 0) is 13.8 Å². The molecule has 0 amide bonds.